The van der Waals surface area contributed by atoms with Gasteiger partial charge in [-0.25, -0.2) is 0 Å². The summed E-state index contributed by atoms with van der Waals surface area (Å²) in [6, 6.07) is 0. The molecule has 0 N–H and O–H groups in total. The van der Waals surface area contributed by atoms with E-state index in [1.807, 2.05) is 0 Å². The third-order valence-electron chi connectivity index (χ3n) is 6.56. The van der Waals surface area contributed by atoms with E-state index in [2.05, 4.69) is 27.7 Å². The summed E-state index contributed by atoms with van der Waals surface area (Å²) in [6.07, 6.45) is 8.30. The predicted octanol–water partition coefficient (Wildman–Crippen LogP) is 4.26. The Labute approximate surface area is 106 Å². The van der Waals surface area contributed by atoms with Crippen LogP contribution in [-0.4, -0.2) is 12.2 Å². The number of rotatable bonds is 0. The summed E-state index contributed by atoms with van der Waals surface area (Å²) in [7, 11) is 0. The summed E-state index contributed by atoms with van der Waals surface area (Å²) in [5.41, 5.74) is 0.460. The molecule has 3 fully saturated rings. The van der Waals surface area contributed by atoms with Crippen LogP contribution in [0.25, 0.3) is 0 Å². The first-order chi connectivity index (χ1) is 8.05. The van der Waals surface area contributed by atoms with Gasteiger partial charge in [-0.1, -0.05) is 40.0 Å². The molecule has 1 nitrogen and oxygen atoms in total. The second kappa shape index (κ2) is 3.98. The van der Waals surface area contributed by atoms with E-state index in [-0.39, 0.29) is 0 Å². The molecule has 2 saturated carbocycles. The van der Waals surface area contributed by atoms with E-state index in [1.165, 1.54) is 32.1 Å². The largest absolute Gasteiger partial charge is 0.374 e. The summed E-state index contributed by atoms with van der Waals surface area (Å²) >= 11 is 0. The van der Waals surface area contributed by atoms with Crippen molar-refractivity contribution < 1.29 is 4.74 Å². The second-order valence-corrected chi connectivity index (χ2v) is 7.28. The van der Waals surface area contributed by atoms with Crippen LogP contribution in [0, 0.1) is 29.1 Å². The number of hydrogen-bond acceptors (Lipinski definition) is 1. The van der Waals surface area contributed by atoms with Gasteiger partial charge in [-0.3, -0.25) is 0 Å². The van der Waals surface area contributed by atoms with Crippen molar-refractivity contribution in [1.82, 2.24) is 0 Å². The van der Waals surface area contributed by atoms with E-state index in [0.717, 1.165) is 23.7 Å². The molecule has 1 saturated heterocycles. The van der Waals surface area contributed by atoms with Crippen molar-refractivity contribution in [2.75, 3.05) is 0 Å². The van der Waals surface area contributed by atoms with E-state index in [1.54, 1.807) is 0 Å². The molecule has 3 aliphatic rings. The lowest BCUT2D eigenvalue weighted by Gasteiger charge is -2.53. The molecule has 7 atom stereocenters. The average Bonchev–Trinajstić information content (AvgIpc) is 2.55. The van der Waals surface area contributed by atoms with Crippen molar-refractivity contribution in [2.45, 2.75) is 72.0 Å². The summed E-state index contributed by atoms with van der Waals surface area (Å²) < 4.78 is 6.34. The number of ether oxygens (including phenoxy) is 1. The van der Waals surface area contributed by atoms with E-state index in [0.29, 0.717) is 17.6 Å². The Kier molecular flexibility index (Phi) is 2.81. The SMILES string of the molecule is CC1CC2CCCCC2C2(C)C(C)C(C)OC12. The van der Waals surface area contributed by atoms with Crippen LogP contribution >= 0.6 is 0 Å². The Morgan fingerprint density at radius 2 is 1.76 bits per heavy atom. The van der Waals surface area contributed by atoms with Gasteiger partial charge in [-0.15, -0.1) is 0 Å². The molecule has 7 unspecified atom stereocenters. The molecule has 98 valence electrons. The Balaban J connectivity index is 1.96. The zero-order valence-electron chi connectivity index (χ0n) is 11.9. The van der Waals surface area contributed by atoms with Gasteiger partial charge >= 0.3 is 0 Å². The summed E-state index contributed by atoms with van der Waals surface area (Å²) in [4.78, 5) is 0. The van der Waals surface area contributed by atoms with Crippen molar-refractivity contribution in [3.05, 3.63) is 0 Å². The predicted molar refractivity (Wildman–Crippen MR) is 70.8 cm³/mol. The van der Waals surface area contributed by atoms with Crippen LogP contribution in [0.3, 0.4) is 0 Å². The lowest BCUT2D eigenvalue weighted by atomic mass is 9.51. The second-order valence-electron chi connectivity index (χ2n) is 7.28. The van der Waals surface area contributed by atoms with Gasteiger partial charge in [0, 0.05) is 5.41 Å². The summed E-state index contributed by atoms with van der Waals surface area (Å²) in [5, 5.41) is 0. The zero-order valence-corrected chi connectivity index (χ0v) is 11.9. The molecule has 0 aromatic rings. The lowest BCUT2D eigenvalue weighted by Crippen LogP contribution is -2.51. The van der Waals surface area contributed by atoms with Gasteiger partial charge in [0.05, 0.1) is 12.2 Å². The van der Waals surface area contributed by atoms with Crippen molar-refractivity contribution in [3.63, 3.8) is 0 Å². The van der Waals surface area contributed by atoms with Crippen LogP contribution < -0.4 is 0 Å². The van der Waals surface area contributed by atoms with Crippen LogP contribution in [0.4, 0.5) is 0 Å². The third-order valence-corrected chi connectivity index (χ3v) is 6.56. The standard InChI is InChI=1S/C16H28O/c1-10-9-13-7-5-6-8-14(13)16(4)11(2)12(3)17-15(10)16/h10-15H,5-9H2,1-4H3. The zero-order chi connectivity index (χ0) is 12.2. The Morgan fingerprint density at radius 1 is 1.06 bits per heavy atom. The van der Waals surface area contributed by atoms with Crippen LogP contribution in [0.5, 0.6) is 0 Å². The maximum absolute atomic E-state index is 6.34. The van der Waals surface area contributed by atoms with Crippen molar-refractivity contribution in [2.24, 2.45) is 29.1 Å². The van der Waals surface area contributed by atoms with E-state index in [4.69, 9.17) is 4.74 Å². The minimum absolute atomic E-state index is 0.460. The third kappa shape index (κ3) is 1.54. The molecule has 0 amide bonds. The fourth-order valence-electron chi connectivity index (χ4n) is 5.47. The van der Waals surface area contributed by atoms with Gasteiger partial charge < -0.3 is 4.74 Å². The monoisotopic (exact) mass is 236 g/mol. The maximum atomic E-state index is 6.34. The highest BCUT2D eigenvalue weighted by molar-refractivity contribution is 5.07. The molecule has 17 heavy (non-hydrogen) atoms. The normalized spacial score (nSPS) is 58.6. The van der Waals surface area contributed by atoms with Crippen molar-refractivity contribution in [1.29, 1.82) is 0 Å². The van der Waals surface area contributed by atoms with E-state index in [9.17, 15) is 0 Å². The molecule has 3 rings (SSSR count). The lowest BCUT2D eigenvalue weighted by molar-refractivity contribution is -0.0967. The molecule has 0 spiro atoms. The summed E-state index contributed by atoms with van der Waals surface area (Å²) in [5.74, 6) is 3.45. The van der Waals surface area contributed by atoms with Gasteiger partial charge in [0.2, 0.25) is 0 Å². The van der Waals surface area contributed by atoms with Crippen LogP contribution in [0.2, 0.25) is 0 Å². The highest BCUT2D eigenvalue weighted by atomic mass is 16.5. The minimum atomic E-state index is 0.460. The van der Waals surface area contributed by atoms with Crippen molar-refractivity contribution >= 4 is 0 Å². The molecule has 1 heteroatoms. The molecule has 0 aromatic heterocycles. The molecular weight excluding hydrogens is 208 g/mol. The van der Waals surface area contributed by atoms with Crippen LogP contribution in [0.15, 0.2) is 0 Å². The highest BCUT2D eigenvalue weighted by Gasteiger charge is 2.59. The maximum Gasteiger partial charge on any atom is 0.0664 e. The van der Waals surface area contributed by atoms with Gasteiger partial charge in [0.15, 0.2) is 0 Å². The van der Waals surface area contributed by atoms with Gasteiger partial charge in [0.25, 0.3) is 0 Å². The molecule has 0 radical (unpaired) electrons. The fourth-order valence-corrected chi connectivity index (χ4v) is 5.47. The Hall–Kier alpha value is -0.0400. The quantitative estimate of drug-likeness (QED) is 0.610. The first-order valence-corrected chi connectivity index (χ1v) is 7.70. The number of hydrogen-bond donors (Lipinski definition) is 0. The van der Waals surface area contributed by atoms with Gasteiger partial charge in [-0.2, -0.15) is 0 Å². The van der Waals surface area contributed by atoms with Crippen molar-refractivity contribution in [3.8, 4) is 0 Å². The van der Waals surface area contributed by atoms with Crippen LogP contribution in [-0.2, 0) is 4.74 Å². The minimum Gasteiger partial charge on any atom is -0.374 e. The number of fused-ring (bicyclic) bond motifs is 3. The average molecular weight is 236 g/mol. The molecule has 0 aromatic carbocycles. The first-order valence-electron chi connectivity index (χ1n) is 7.70. The Bertz CT molecular complexity index is 300. The molecule has 2 aliphatic carbocycles. The molecule has 1 heterocycles. The smallest absolute Gasteiger partial charge is 0.0664 e. The van der Waals surface area contributed by atoms with Gasteiger partial charge in [-0.05, 0) is 43.4 Å². The first kappa shape index (κ1) is 12.0. The fraction of sp³-hybridized carbons (Fsp3) is 1.00. The van der Waals surface area contributed by atoms with E-state index < -0.39 is 0 Å². The van der Waals surface area contributed by atoms with Crippen LogP contribution in [0.1, 0.15) is 59.8 Å². The molecule has 0 bridgehead atoms. The topological polar surface area (TPSA) is 9.23 Å². The summed E-state index contributed by atoms with van der Waals surface area (Å²) in [6.45, 7) is 9.70. The van der Waals surface area contributed by atoms with Gasteiger partial charge in [0.1, 0.15) is 0 Å². The highest BCUT2D eigenvalue weighted by Crippen LogP contribution is 2.60. The van der Waals surface area contributed by atoms with E-state index >= 15 is 0 Å². The molecule has 1 aliphatic heterocycles. The molecular formula is C16H28O. The Morgan fingerprint density at radius 3 is 2.53 bits per heavy atom.